The minimum atomic E-state index is -1.03. The van der Waals surface area contributed by atoms with Crippen LogP contribution >= 0.6 is 0 Å². The summed E-state index contributed by atoms with van der Waals surface area (Å²) in [6.07, 6.45) is 2.16. The van der Waals surface area contributed by atoms with Gasteiger partial charge in [0.2, 0.25) is 0 Å². The molecule has 1 saturated heterocycles. The number of primary amides is 1. The maximum Gasteiger partial charge on any atom is 0.404 e. The van der Waals surface area contributed by atoms with Crippen molar-refractivity contribution < 1.29 is 43.2 Å². The number of esters is 2. The van der Waals surface area contributed by atoms with Crippen molar-refractivity contribution in [2.75, 3.05) is 7.11 Å². The summed E-state index contributed by atoms with van der Waals surface area (Å²) in [4.78, 5) is 41.3. The lowest BCUT2D eigenvalue weighted by Gasteiger charge is -2.49. The Morgan fingerprint density at radius 1 is 1.23 bits per heavy atom. The fraction of sp³-hybridized carbons (Fsp3) is 0.621. The number of ether oxygens (including phenoxy) is 5. The van der Waals surface area contributed by atoms with Crippen molar-refractivity contribution in [1.29, 1.82) is 0 Å². The highest BCUT2D eigenvalue weighted by atomic mass is 16.6. The summed E-state index contributed by atoms with van der Waals surface area (Å²) in [6.45, 7) is 7.24. The highest BCUT2D eigenvalue weighted by molar-refractivity contribution is 5.87. The molecule has 3 heterocycles. The third-order valence-electron chi connectivity index (χ3n) is 9.15. The molecule has 0 aromatic carbocycles. The number of carbonyl (C=O) groups excluding carboxylic acids is 3. The Balaban J connectivity index is 1.63. The van der Waals surface area contributed by atoms with Gasteiger partial charge in [-0.2, -0.15) is 0 Å². The highest BCUT2D eigenvalue weighted by Crippen LogP contribution is 2.61. The topological polar surface area (TPSA) is 159 Å². The van der Waals surface area contributed by atoms with Gasteiger partial charge in [0, 0.05) is 42.9 Å². The van der Waals surface area contributed by atoms with E-state index in [0.717, 1.165) is 5.57 Å². The minimum Gasteiger partial charge on any atom is -0.457 e. The molecule has 2 aliphatic carbocycles. The van der Waals surface area contributed by atoms with Gasteiger partial charge >= 0.3 is 18.0 Å². The molecule has 2 fully saturated rings. The molecule has 4 aliphatic rings. The first-order valence-electron chi connectivity index (χ1n) is 13.8. The van der Waals surface area contributed by atoms with Crippen LogP contribution in [0.2, 0.25) is 0 Å². The van der Waals surface area contributed by atoms with Crippen molar-refractivity contribution in [3.63, 3.8) is 0 Å². The fourth-order valence-electron chi connectivity index (χ4n) is 7.43. The molecule has 12 atom stereocenters. The summed E-state index contributed by atoms with van der Waals surface area (Å²) in [5.74, 6) is -2.95. The van der Waals surface area contributed by atoms with Gasteiger partial charge in [-0.15, -0.1) is 0 Å². The Hall–Kier alpha value is -3.15. The Labute approximate surface area is 233 Å². The molecule has 5 rings (SSSR count). The zero-order valence-electron chi connectivity index (χ0n) is 23.3. The highest BCUT2D eigenvalue weighted by Gasteiger charge is 2.70. The van der Waals surface area contributed by atoms with E-state index in [1.54, 1.807) is 25.3 Å². The predicted molar refractivity (Wildman–Crippen MR) is 141 cm³/mol. The van der Waals surface area contributed by atoms with Crippen LogP contribution in [0.25, 0.3) is 0 Å². The van der Waals surface area contributed by atoms with Gasteiger partial charge in [-0.05, 0) is 38.0 Å². The molecule has 2 aliphatic heterocycles. The van der Waals surface area contributed by atoms with Crippen LogP contribution < -0.4 is 5.73 Å². The van der Waals surface area contributed by atoms with Gasteiger partial charge < -0.3 is 39.5 Å². The number of aromatic nitrogens is 1. The molecule has 40 heavy (non-hydrogen) atoms. The summed E-state index contributed by atoms with van der Waals surface area (Å²) in [5.41, 5.74) is 5.68. The van der Waals surface area contributed by atoms with Crippen LogP contribution in [-0.4, -0.2) is 77.5 Å². The van der Waals surface area contributed by atoms with E-state index in [1.165, 1.54) is 7.11 Å². The molecule has 0 radical (unpaired) electrons. The second-order valence-electron chi connectivity index (χ2n) is 11.5. The summed E-state index contributed by atoms with van der Waals surface area (Å²) in [5, 5.41) is 10.5. The van der Waals surface area contributed by atoms with Crippen molar-refractivity contribution in [2.45, 2.75) is 76.3 Å². The van der Waals surface area contributed by atoms with Crippen LogP contribution in [0, 0.1) is 29.6 Å². The first-order valence-corrected chi connectivity index (χ1v) is 13.8. The SMILES string of the molecule is CO[C@H]1CC2C=C[C@H]3[C@@H]4O[C@]2(/C(C)=C\[C@@H](C)[C@@H]([C@@H](C)O)OC1=O)[C@@H]3[C@H](OC(N)=O)[C@@H](C)[C@H]4OC(=O)c1ccc[nH]1. The maximum absolute atomic E-state index is 13.2. The number of H-pyrrole nitrogens is 1. The minimum absolute atomic E-state index is 0.221. The third kappa shape index (κ3) is 4.53. The second-order valence-corrected chi connectivity index (χ2v) is 11.5. The molecular formula is C29H38N2O9. The lowest BCUT2D eigenvalue weighted by molar-refractivity contribution is -0.172. The first-order chi connectivity index (χ1) is 19.0. The van der Waals surface area contributed by atoms with Gasteiger partial charge in [-0.1, -0.05) is 32.1 Å². The number of cyclic esters (lactones) is 1. The Kier molecular flexibility index (Phi) is 7.58. The van der Waals surface area contributed by atoms with E-state index < -0.39 is 66.2 Å². The molecule has 11 nitrogen and oxygen atoms in total. The number of hydrogen-bond donors (Lipinski definition) is 3. The van der Waals surface area contributed by atoms with Crippen LogP contribution in [0.5, 0.6) is 0 Å². The molecular weight excluding hydrogens is 520 g/mol. The Bertz CT molecular complexity index is 1190. The molecule has 1 amide bonds. The average Bonchev–Trinajstić information content (AvgIpc) is 3.49. The summed E-state index contributed by atoms with van der Waals surface area (Å²) < 4.78 is 30.1. The average molecular weight is 559 g/mol. The van der Waals surface area contributed by atoms with Gasteiger partial charge in [0.25, 0.3) is 0 Å². The van der Waals surface area contributed by atoms with Gasteiger partial charge in [-0.3, -0.25) is 0 Å². The zero-order valence-corrected chi connectivity index (χ0v) is 23.3. The van der Waals surface area contributed by atoms with Crippen molar-refractivity contribution in [2.24, 2.45) is 35.3 Å². The maximum atomic E-state index is 13.2. The van der Waals surface area contributed by atoms with Crippen LogP contribution in [0.1, 0.15) is 44.6 Å². The van der Waals surface area contributed by atoms with Gasteiger partial charge in [0.15, 0.2) is 6.10 Å². The van der Waals surface area contributed by atoms with E-state index in [1.807, 2.05) is 39.0 Å². The molecule has 218 valence electrons. The number of carbonyl (C=O) groups is 3. The van der Waals surface area contributed by atoms with Crippen molar-refractivity contribution in [1.82, 2.24) is 4.98 Å². The molecule has 1 aromatic heterocycles. The molecule has 1 aromatic rings. The quantitative estimate of drug-likeness (QED) is 0.280. The lowest BCUT2D eigenvalue weighted by atomic mass is 9.57. The molecule has 4 bridgehead atoms. The third-order valence-corrected chi connectivity index (χ3v) is 9.15. The monoisotopic (exact) mass is 558 g/mol. The summed E-state index contributed by atoms with van der Waals surface area (Å²) in [7, 11) is 1.44. The number of aliphatic hydroxyl groups excluding tert-OH is 1. The van der Waals surface area contributed by atoms with Crippen molar-refractivity contribution >= 4 is 18.0 Å². The Morgan fingerprint density at radius 2 is 1.98 bits per heavy atom. The van der Waals surface area contributed by atoms with Crippen LogP contribution in [0.15, 0.2) is 42.1 Å². The van der Waals surface area contributed by atoms with Gasteiger partial charge in [0.1, 0.15) is 35.7 Å². The van der Waals surface area contributed by atoms with E-state index >= 15 is 0 Å². The smallest absolute Gasteiger partial charge is 0.404 e. The van der Waals surface area contributed by atoms with E-state index in [0.29, 0.717) is 5.69 Å². The molecule has 1 unspecified atom stereocenters. The number of rotatable bonds is 5. The van der Waals surface area contributed by atoms with Gasteiger partial charge in [-0.25, -0.2) is 14.4 Å². The largest absolute Gasteiger partial charge is 0.457 e. The number of hydrogen-bond acceptors (Lipinski definition) is 9. The molecule has 4 N–H and O–H groups in total. The standard InChI is InChI=1S/C29H38N2O9/c1-13-11-14(2)29-17(12-20(36-5)27(34)37-22(13)16(4)32)8-9-18-21(29)23(39-28(30)35)15(3)24(25(18)40-29)38-26(33)19-7-6-10-31-19/h6-11,13,15-18,20-25,31-32H,12H2,1-5H3,(H2,30,35)/b14-11-/t13-,15-,16-,17?,18-,20+,21+,22+,23-,24-,25+,29+/m1/s1. The number of methoxy groups -OCH3 is 1. The van der Waals surface area contributed by atoms with E-state index in [4.69, 9.17) is 29.4 Å². The second kappa shape index (κ2) is 10.7. The van der Waals surface area contributed by atoms with Crippen LogP contribution in [0.4, 0.5) is 4.79 Å². The van der Waals surface area contributed by atoms with Crippen molar-refractivity contribution in [3.8, 4) is 0 Å². The fourth-order valence-corrected chi connectivity index (χ4v) is 7.43. The van der Waals surface area contributed by atoms with Crippen molar-refractivity contribution in [3.05, 3.63) is 47.8 Å². The van der Waals surface area contributed by atoms with E-state index in [2.05, 4.69) is 4.98 Å². The lowest BCUT2D eigenvalue weighted by Crippen LogP contribution is -2.58. The zero-order chi connectivity index (χ0) is 28.9. The van der Waals surface area contributed by atoms with Crippen LogP contribution in [0.3, 0.4) is 0 Å². The number of aliphatic hydroxyl groups is 1. The number of amides is 1. The van der Waals surface area contributed by atoms with Crippen LogP contribution in [-0.2, 0) is 28.5 Å². The summed E-state index contributed by atoms with van der Waals surface area (Å²) >= 11 is 0. The van der Waals surface area contributed by atoms with E-state index in [-0.39, 0.29) is 30.1 Å². The molecule has 11 heteroatoms. The number of aromatic amines is 1. The summed E-state index contributed by atoms with van der Waals surface area (Å²) in [6, 6.07) is 3.32. The first kappa shape index (κ1) is 28.4. The van der Waals surface area contributed by atoms with E-state index in [9.17, 15) is 19.5 Å². The van der Waals surface area contributed by atoms with Gasteiger partial charge in [0.05, 0.1) is 6.10 Å². The Morgan fingerprint density at radius 3 is 2.60 bits per heavy atom. The number of nitrogens with two attached hydrogens (primary N) is 1. The molecule has 1 saturated carbocycles. The predicted octanol–water partition coefficient (Wildman–Crippen LogP) is 2.50. The number of nitrogens with one attached hydrogen (secondary N) is 1. The molecule has 1 spiro atoms. The normalized spacial score (nSPS) is 42.5.